The van der Waals surface area contributed by atoms with Gasteiger partial charge in [-0.15, -0.1) is 0 Å². The van der Waals surface area contributed by atoms with Gasteiger partial charge in [-0.1, -0.05) is 162 Å². The molecule has 0 heterocycles. The standard InChI is InChI=1S/C43H71NO3/c1-3-5-7-9-11-13-14-15-16-17-18-19-20-21-22-23-24-25-26-27-28-29-30-31-33-35-37-39-43(47)44-41(40-45)42(46)38-36-34-32-12-10-8-6-4-2/h5,7,11,13,15-16,18-19,21-22,24-25,27-28,36,38,41-42,45-46H,3-4,6,8-10,12,14,17,20,23,26,29-35,37,39-40H2,1-2H3,(H,44,47)/b7-5-,13-11-,16-15-,19-18-,22-21-,25-24-,28-27-,38-36+. The van der Waals surface area contributed by atoms with Gasteiger partial charge in [0.05, 0.1) is 18.8 Å². The van der Waals surface area contributed by atoms with Crippen LogP contribution in [0, 0.1) is 0 Å². The van der Waals surface area contributed by atoms with E-state index in [-0.39, 0.29) is 12.5 Å². The summed E-state index contributed by atoms with van der Waals surface area (Å²) >= 11 is 0. The van der Waals surface area contributed by atoms with Gasteiger partial charge in [-0.2, -0.15) is 0 Å². The summed E-state index contributed by atoms with van der Waals surface area (Å²) in [6.07, 6.45) is 56.4. The maximum absolute atomic E-state index is 12.3. The van der Waals surface area contributed by atoms with Gasteiger partial charge in [0.2, 0.25) is 5.91 Å². The van der Waals surface area contributed by atoms with Crippen molar-refractivity contribution >= 4 is 5.91 Å². The van der Waals surface area contributed by atoms with Gasteiger partial charge < -0.3 is 15.5 Å². The molecule has 0 bridgehead atoms. The van der Waals surface area contributed by atoms with Crippen LogP contribution in [0.1, 0.15) is 149 Å². The van der Waals surface area contributed by atoms with Gasteiger partial charge in [0.1, 0.15) is 0 Å². The predicted molar refractivity (Wildman–Crippen MR) is 206 cm³/mol. The Balaban J connectivity index is 3.70. The number of allylic oxidation sites excluding steroid dienone is 15. The van der Waals surface area contributed by atoms with E-state index < -0.39 is 12.1 Å². The molecule has 0 fully saturated rings. The van der Waals surface area contributed by atoms with Crippen molar-refractivity contribution in [3.05, 3.63) is 97.2 Å². The van der Waals surface area contributed by atoms with Crippen LogP contribution in [0.25, 0.3) is 0 Å². The van der Waals surface area contributed by atoms with E-state index in [9.17, 15) is 15.0 Å². The van der Waals surface area contributed by atoms with Crippen LogP contribution < -0.4 is 5.32 Å². The van der Waals surface area contributed by atoms with Crippen molar-refractivity contribution in [2.45, 2.75) is 161 Å². The average molecular weight is 650 g/mol. The molecule has 0 aliphatic heterocycles. The van der Waals surface area contributed by atoms with Gasteiger partial charge >= 0.3 is 0 Å². The molecular weight excluding hydrogens is 578 g/mol. The molecule has 0 radical (unpaired) electrons. The van der Waals surface area contributed by atoms with Crippen molar-refractivity contribution < 1.29 is 15.0 Å². The lowest BCUT2D eigenvalue weighted by molar-refractivity contribution is -0.123. The number of amides is 1. The molecule has 0 saturated carbocycles. The fourth-order valence-electron chi connectivity index (χ4n) is 4.92. The van der Waals surface area contributed by atoms with Crippen LogP contribution in [0.3, 0.4) is 0 Å². The van der Waals surface area contributed by atoms with E-state index in [4.69, 9.17) is 0 Å². The summed E-state index contributed by atoms with van der Waals surface area (Å²) in [5, 5.41) is 22.7. The summed E-state index contributed by atoms with van der Waals surface area (Å²) in [5.41, 5.74) is 0. The van der Waals surface area contributed by atoms with Crippen molar-refractivity contribution in [3.63, 3.8) is 0 Å². The fraction of sp³-hybridized carbons (Fsp3) is 0.605. The van der Waals surface area contributed by atoms with Crippen molar-refractivity contribution in [3.8, 4) is 0 Å². The lowest BCUT2D eigenvalue weighted by Crippen LogP contribution is -2.45. The summed E-state index contributed by atoms with van der Waals surface area (Å²) in [4.78, 5) is 12.3. The fourth-order valence-corrected chi connectivity index (χ4v) is 4.92. The van der Waals surface area contributed by atoms with Crippen LogP contribution in [0.4, 0.5) is 0 Å². The van der Waals surface area contributed by atoms with E-state index in [1.54, 1.807) is 6.08 Å². The highest BCUT2D eigenvalue weighted by Crippen LogP contribution is 2.10. The topological polar surface area (TPSA) is 69.6 Å². The lowest BCUT2D eigenvalue weighted by Gasteiger charge is -2.20. The number of carbonyl (C=O) groups is 1. The van der Waals surface area contributed by atoms with Crippen LogP contribution in [-0.2, 0) is 4.79 Å². The third-order valence-corrected chi connectivity index (χ3v) is 7.82. The number of carbonyl (C=O) groups excluding carboxylic acids is 1. The van der Waals surface area contributed by atoms with E-state index in [2.05, 4.69) is 104 Å². The summed E-state index contributed by atoms with van der Waals surface area (Å²) < 4.78 is 0. The molecule has 47 heavy (non-hydrogen) atoms. The first-order chi connectivity index (χ1) is 23.2. The number of hydrogen-bond acceptors (Lipinski definition) is 3. The number of unbranched alkanes of at least 4 members (excludes halogenated alkanes) is 11. The lowest BCUT2D eigenvalue weighted by atomic mass is 10.1. The van der Waals surface area contributed by atoms with Crippen molar-refractivity contribution in [1.29, 1.82) is 0 Å². The third kappa shape index (κ3) is 34.5. The van der Waals surface area contributed by atoms with Gasteiger partial charge in [-0.3, -0.25) is 4.79 Å². The molecular formula is C43H71NO3. The molecule has 266 valence electrons. The SMILES string of the molecule is CC/C=C\C/C=C\C/C=C\C/C=C\C/C=C\C/C=C\C/C=C\CCCCCCCC(=O)NC(CO)C(O)/C=C/CCCCCCCC. The number of hydrogen-bond donors (Lipinski definition) is 3. The summed E-state index contributed by atoms with van der Waals surface area (Å²) in [7, 11) is 0. The number of nitrogens with one attached hydrogen (secondary N) is 1. The van der Waals surface area contributed by atoms with Gasteiger partial charge in [0.25, 0.3) is 0 Å². The Bertz CT molecular complexity index is 921. The first kappa shape index (κ1) is 44.3. The highest BCUT2D eigenvalue weighted by atomic mass is 16.3. The Morgan fingerprint density at radius 3 is 1.40 bits per heavy atom. The second kappa shape index (κ2) is 37.8. The molecule has 1 amide bonds. The van der Waals surface area contributed by atoms with E-state index in [0.717, 1.165) is 83.5 Å². The molecule has 0 aromatic carbocycles. The van der Waals surface area contributed by atoms with E-state index in [1.807, 2.05) is 6.08 Å². The highest BCUT2D eigenvalue weighted by molar-refractivity contribution is 5.76. The maximum Gasteiger partial charge on any atom is 0.220 e. The number of aliphatic hydroxyl groups is 2. The normalized spacial score (nSPS) is 14.2. The molecule has 3 N–H and O–H groups in total. The minimum Gasteiger partial charge on any atom is -0.394 e. The molecule has 2 unspecified atom stereocenters. The van der Waals surface area contributed by atoms with E-state index >= 15 is 0 Å². The zero-order valence-electron chi connectivity index (χ0n) is 30.3. The smallest absolute Gasteiger partial charge is 0.220 e. The minimum absolute atomic E-state index is 0.0928. The first-order valence-electron chi connectivity index (χ1n) is 19.0. The molecule has 0 saturated heterocycles. The number of aliphatic hydroxyl groups excluding tert-OH is 2. The Labute approximate surface area is 290 Å². The maximum atomic E-state index is 12.3. The van der Waals surface area contributed by atoms with Gasteiger partial charge in [-0.05, 0) is 77.0 Å². The Morgan fingerprint density at radius 2 is 0.936 bits per heavy atom. The summed E-state index contributed by atoms with van der Waals surface area (Å²) in [5.74, 6) is -0.0928. The van der Waals surface area contributed by atoms with E-state index in [0.29, 0.717) is 6.42 Å². The highest BCUT2D eigenvalue weighted by Gasteiger charge is 2.17. The molecule has 0 rings (SSSR count). The van der Waals surface area contributed by atoms with Crippen molar-refractivity contribution in [2.75, 3.05) is 6.61 Å². The molecule has 2 atom stereocenters. The quantitative estimate of drug-likeness (QED) is 0.0502. The average Bonchev–Trinajstić information content (AvgIpc) is 3.07. The Hall–Kier alpha value is -2.69. The second-order valence-corrected chi connectivity index (χ2v) is 12.3. The predicted octanol–water partition coefficient (Wildman–Crippen LogP) is 11.5. The van der Waals surface area contributed by atoms with Crippen molar-refractivity contribution in [2.24, 2.45) is 0 Å². The second-order valence-electron chi connectivity index (χ2n) is 12.3. The molecule has 4 heteroatoms. The summed E-state index contributed by atoms with van der Waals surface area (Å²) in [6.45, 7) is 4.12. The molecule has 4 nitrogen and oxygen atoms in total. The molecule has 0 aliphatic rings. The Morgan fingerprint density at radius 1 is 0.532 bits per heavy atom. The Kier molecular flexibility index (Phi) is 35.6. The van der Waals surface area contributed by atoms with Gasteiger partial charge in [-0.25, -0.2) is 0 Å². The van der Waals surface area contributed by atoms with Crippen LogP contribution in [0.15, 0.2) is 97.2 Å². The van der Waals surface area contributed by atoms with Gasteiger partial charge in [0, 0.05) is 6.42 Å². The molecule has 0 aromatic heterocycles. The van der Waals surface area contributed by atoms with Crippen LogP contribution >= 0.6 is 0 Å². The monoisotopic (exact) mass is 650 g/mol. The molecule has 0 aliphatic carbocycles. The van der Waals surface area contributed by atoms with Crippen molar-refractivity contribution in [1.82, 2.24) is 5.32 Å². The molecule has 0 aromatic rings. The summed E-state index contributed by atoms with van der Waals surface area (Å²) in [6, 6.07) is -0.636. The number of rotatable bonds is 32. The van der Waals surface area contributed by atoms with Crippen LogP contribution in [0.2, 0.25) is 0 Å². The minimum atomic E-state index is -0.850. The van der Waals surface area contributed by atoms with E-state index in [1.165, 1.54) is 44.9 Å². The third-order valence-electron chi connectivity index (χ3n) is 7.82. The molecule has 0 spiro atoms. The zero-order valence-corrected chi connectivity index (χ0v) is 30.3. The largest absolute Gasteiger partial charge is 0.394 e. The van der Waals surface area contributed by atoms with Gasteiger partial charge in [0.15, 0.2) is 0 Å². The van der Waals surface area contributed by atoms with Crippen LogP contribution in [0.5, 0.6) is 0 Å². The zero-order chi connectivity index (χ0) is 34.3. The van der Waals surface area contributed by atoms with Crippen LogP contribution in [-0.4, -0.2) is 34.9 Å². The first-order valence-corrected chi connectivity index (χ1v) is 19.0.